The van der Waals surface area contributed by atoms with Crippen LogP contribution in [0, 0.1) is 19.3 Å². The fourth-order valence-corrected chi connectivity index (χ4v) is 4.54. The average Bonchev–Trinajstić information content (AvgIpc) is 2.76. The van der Waals surface area contributed by atoms with Crippen molar-refractivity contribution in [3.63, 3.8) is 0 Å². The molecule has 1 aliphatic rings. The van der Waals surface area contributed by atoms with Gasteiger partial charge in [0.05, 0.1) is 17.2 Å². The highest BCUT2D eigenvalue weighted by molar-refractivity contribution is 5.94. The Morgan fingerprint density at radius 2 is 1.85 bits per heavy atom. The summed E-state index contributed by atoms with van der Waals surface area (Å²) in [7, 11) is 0. The number of aryl methyl sites for hydroxylation is 1. The van der Waals surface area contributed by atoms with E-state index in [1.807, 2.05) is 33.0 Å². The van der Waals surface area contributed by atoms with E-state index in [4.69, 9.17) is 4.98 Å². The number of para-hydroxylation sites is 1. The molecule has 7 heteroatoms. The summed E-state index contributed by atoms with van der Waals surface area (Å²) in [5, 5.41) is 12.9. The van der Waals surface area contributed by atoms with Crippen LogP contribution in [0.3, 0.4) is 0 Å². The number of pyridine rings is 1. The normalized spacial score (nSPS) is 16.6. The SMILES string of the molecule is Cc1cc(C(C)Nc2ccccc2C(=O)O)c2nc(N3CCC(C)(C)CC3)c(C)c(=O)n2c1. The Morgan fingerprint density at radius 1 is 1.18 bits per heavy atom. The zero-order valence-electron chi connectivity index (χ0n) is 20.0. The Balaban J connectivity index is 1.80. The number of rotatable bonds is 5. The van der Waals surface area contributed by atoms with Crippen LogP contribution in [-0.2, 0) is 0 Å². The van der Waals surface area contributed by atoms with Gasteiger partial charge in [-0.15, -0.1) is 0 Å². The highest BCUT2D eigenvalue weighted by Gasteiger charge is 2.28. The molecule has 1 unspecified atom stereocenters. The average molecular weight is 449 g/mol. The molecule has 1 aliphatic heterocycles. The number of fused-ring (bicyclic) bond motifs is 1. The summed E-state index contributed by atoms with van der Waals surface area (Å²) in [4.78, 5) is 32.2. The minimum atomic E-state index is -0.986. The van der Waals surface area contributed by atoms with E-state index in [1.54, 1.807) is 28.7 Å². The van der Waals surface area contributed by atoms with Crippen molar-refractivity contribution in [2.45, 2.75) is 53.5 Å². The number of aromatic carboxylic acids is 1. The van der Waals surface area contributed by atoms with E-state index in [0.717, 1.165) is 42.9 Å². The molecule has 4 rings (SSSR count). The van der Waals surface area contributed by atoms with Gasteiger partial charge in [-0.3, -0.25) is 9.20 Å². The first-order valence-electron chi connectivity index (χ1n) is 11.4. The van der Waals surface area contributed by atoms with Gasteiger partial charge in [0.25, 0.3) is 5.56 Å². The number of carboxylic acids is 1. The third-order valence-corrected chi connectivity index (χ3v) is 6.70. The molecule has 0 aliphatic carbocycles. The van der Waals surface area contributed by atoms with Gasteiger partial charge in [0, 0.05) is 30.5 Å². The number of benzene rings is 1. The third kappa shape index (κ3) is 4.45. The maximum atomic E-state index is 13.3. The largest absolute Gasteiger partial charge is 0.478 e. The summed E-state index contributed by atoms with van der Waals surface area (Å²) >= 11 is 0. The summed E-state index contributed by atoms with van der Waals surface area (Å²) in [6.45, 7) is 12.1. The van der Waals surface area contributed by atoms with Crippen molar-refractivity contribution in [1.82, 2.24) is 9.38 Å². The number of anilines is 2. The second kappa shape index (κ2) is 8.54. The molecule has 1 fully saturated rings. The molecule has 0 spiro atoms. The van der Waals surface area contributed by atoms with Crippen LogP contribution < -0.4 is 15.8 Å². The van der Waals surface area contributed by atoms with Crippen molar-refractivity contribution in [1.29, 1.82) is 0 Å². The van der Waals surface area contributed by atoms with Gasteiger partial charge >= 0.3 is 5.97 Å². The van der Waals surface area contributed by atoms with Crippen molar-refractivity contribution in [3.05, 3.63) is 69.1 Å². The molecule has 0 bridgehead atoms. The number of hydrogen-bond acceptors (Lipinski definition) is 5. The van der Waals surface area contributed by atoms with Gasteiger partial charge in [-0.25, -0.2) is 9.78 Å². The van der Waals surface area contributed by atoms with E-state index in [-0.39, 0.29) is 17.2 Å². The van der Waals surface area contributed by atoms with Crippen LogP contribution in [0.4, 0.5) is 11.5 Å². The summed E-state index contributed by atoms with van der Waals surface area (Å²) < 4.78 is 1.62. The molecule has 33 heavy (non-hydrogen) atoms. The molecular weight excluding hydrogens is 416 g/mol. The number of hydrogen-bond donors (Lipinski definition) is 2. The number of aromatic nitrogens is 2. The van der Waals surface area contributed by atoms with Gasteiger partial charge < -0.3 is 15.3 Å². The van der Waals surface area contributed by atoms with E-state index in [0.29, 0.717) is 22.3 Å². The molecule has 2 N–H and O–H groups in total. The standard InChI is InChI=1S/C26H32N4O3/c1-16-14-20(18(3)27-21-9-7-6-8-19(21)25(32)33)23-28-22(17(2)24(31)30(23)15-16)29-12-10-26(4,5)11-13-29/h6-9,14-15,18,27H,10-13H2,1-5H3,(H,32,33). The Morgan fingerprint density at radius 3 is 2.52 bits per heavy atom. The fourth-order valence-electron chi connectivity index (χ4n) is 4.54. The Hall–Kier alpha value is -3.35. The predicted octanol–water partition coefficient (Wildman–Crippen LogP) is 4.81. The summed E-state index contributed by atoms with van der Waals surface area (Å²) in [5.74, 6) is -0.238. The minimum absolute atomic E-state index is 0.0667. The van der Waals surface area contributed by atoms with Crippen LogP contribution in [0.15, 0.2) is 41.3 Å². The number of nitrogens with zero attached hydrogens (tertiary/aromatic N) is 3. The summed E-state index contributed by atoms with van der Waals surface area (Å²) in [5.41, 5.74) is 4.02. The lowest BCUT2D eigenvalue weighted by Gasteiger charge is -2.38. The first-order valence-corrected chi connectivity index (χ1v) is 11.4. The van der Waals surface area contributed by atoms with E-state index in [2.05, 4.69) is 24.1 Å². The van der Waals surface area contributed by atoms with Gasteiger partial charge in [0.1, 0.15) is 11.5 Å². The lowest BCUT2D eigenvalue weighted by atomic mass is 9.82. The Kier molecular flexibility index (Phi) is 5.91. The van der Waals surface area contributed by atoms with Gasteiger partial charge in [0.15, 0.2) is 0 Å². The van der Waals surface area contributed by atoms with Crippen LogP contribution in [0.25, 0.3) is 5.65 Å². The third-order valence-electron chi connectivity index (χ3n) is 6.70. The summed E-state index contributed by atoms with van der Waals surface area (Å²) in [6.07, 6.45) is 3.93. The van der Waals surface area contributed by atoms with Gasteiger partial charge in [0.2, 0.25) is 0 Å². The quantitative estimate of drug-likeness (QED) is 0.583. The second-order valence-corrected chi connectivity index (χ2v) is 9.90. The second-order valence-electron chi connectivity index (χ2n) is 9.90. The lowest BCUT2D eigenvalue weighted by Crippen LogP contribution is -2.39. The molecule has 1 aromatic carbocycles. The van der Waals surface area contributed by atoms with E-state index >= 15 is 0 Å². The van der Waals surface area contributed by atoms with Crippen LogP contribution in [0.2, 0.25) is 0 Å². The maximum absolute atomic E-state index is 13.3. The van der Waals surface area contributed by atoms with Crippen molar-refractivity contribution in [2.24, 2.45) is 5.41 Å². The van der Waals surface area contributed by atoms with Gasteiger partial charge in [-0.1, -0.05) is 26.0 Å². The molecule has 3 aromatic rings. The minimum Gasteiger partial charge on any atom is -0.478 e. The molecule has 0 amide bonds. The number of piperidine rings is 1. The van der Waals surface area contributed by atoms with Crippen LogP contribution >= 0.6 is 0 Å². The van der Waals surface area contributed by atoms with Crippen LogP contribution in [0.5, 0.6) is 0 Å². The molecular formula is C26H32N4O3. The first-order chi connectivity index (χ1) is 15.6. The van der Waals surface area contributed by atoms with Gasteiger partial charge in [-0.05, 0) is 62.8 Å². The Labute approximate surface area is 194 Å². The topological polar surface area (TPSA) is 86.9 Å². The monoisotopic (exact) mass is 448 g/mol. The zero-order valence-corrected chi connectivity index (χ0v) is 20.0. The zero-order chi connectivity index (χ0) is 23.9. The lowest BCUT2D eigenvalue weighted by molar-refractivity contribution is 0.0698. The fraction of sp³-hybridized carbons (Fsp3) is 0.423. The highest BCUT2D eigenvalue weighted by atomic mass is 16.4. The smallest absolute Gasteiger partial charge is 0.337 e. The van der Waals surface area contributed by atoms with E-state index in [9.17, 15) is 14.7 Å². The number of carbonyl (C=O) groups is 1. The predicted molar refractivity (Wildman–Crippen MR) is 132 cm³/mol. The molecule has 174 valence electrons. The summed E-state index contributed by atoms with van der Waals surface area (Å²) in [6, 6.07) is 8.59. The molecule has 2 aromatic heterocycles. The van der Waals surface area contributed by atoms with Crippen molar-refractivity contribution in [3.8, 4) is 0 Å². The van der Waals surface area contributed by atoms with Crippen molar-refractivity contribution >= 4 is 23.1 Å². The highest BCUT2D eigenvalue weighted by Crippen LogP contribution is 2.33. The number of nitrogens with one attached hydrogen (secondary N) is 1. The molecule has 0 saturated carbocycles. The van der Waals surface area contributed by atoms with E-state index in [1.165, 1.54) is 0 Å². The number of carboxylic acid groups (broad SMARTS) is 1. The molecule has 1 atom stereocenters. The van der Waals surface area contributed by atoms with Crippen molar-refractivity contribution in [2.75, 3.05) is 23.3 Å². The van der Waals surface area contributed by atoms with Crippen molar-refractivity contribution < 1.29 is 9.90 Å². The van der Waals surface area contributed by atoms with Crippen LogP contribution in [-0.4, -0.2) is 33.6 Å². The van der Waals surface area contributed by atoms with Crippen LogP contribution in [0.1, 0.15) is 66.7 Å². The molecule has 7 nitrogen and oxygen atoms in total. The van der Waals surface area contributed by atoms with E-state index < -0.39 is 5.97 Å². The molecule has 1 saturated heterocycles. The van der Waals surface area contributed by atoms with Gasteiger partial charge in [-0.2, -0.15) is 0 Å². The molecule has 0 radical (unpaired) electrons. The Bertz CT molecular complexity index is 1270. The molecule has 3 heterocycles. The first kappa shape index (κ1) is 22.8. The maximum Gasteiger partial charge on any atom is 0.337 e.